The van der Waals surface area contributed by atoms with Crippen molar-refractivity contribution < 1.29 is 4.79 Å². The number of thiazole rings is 1. The smallest absolute Gasteiger partial charge is 0.255 e. The number of hydrogen-bond donors (Lipinski definition) is 1. The van der Waals surface area contributed by atoms with Crippen LogP contribution in [-0.4, -0.2) is 10.9 Å². The molecular weight excluding hydrogens is 396 g/mol. The third-order valence-corrected chi connectivity index (χ3v) is 6.54. The van der Waals surface area contributed by atoms with Crippen LogP contribution in [0.1, 0.15) is 15.9 Å². The van der Waals surface area contributed by atoms with E-state index in [1.54, 1.807) is 23.5 Å². The topological polar surface area (TPSA) is 42.0 Å². The lowest BCUT2D eigenvalue weighted by Crippen LogP contribution is -2.11. The molecule has 3 aromatic carbocycles. The predicted octanol–water partition coefficient (Wildman–Crippen LogP) is 6.66. The number of carbonyl (C=O) groups excluding carboxylic acids is 1. The monoisotopic (exact) mass is 410 g/mol. The van der Waals surface area contributed by atoms with Gasteiger partial charge in [-0.05, 0) is 49.4 Å². The van der Waals surface area contributed by atoms with Crippen LogP contribution in [-0.2, 0) is 0 Å². The molecule has 1 amide bonds. The Bertz CT molecular complexity index is 1110. The molecule has 4 aromatic rings. The van der Waals surface area contributed by atoms with E-state index in [0.717, 1.165) is 25.0 Å². The maximum Gasteiger partial charge on any atom is 0.255 e. The number of aryl methyl sites for hydroxylation is 1. The number of benzene rings is 3. The first-order valence-electron chi connectivity index (χ1n) is 8.29. The zero-order chi connectivity index (χ0) is 18.8. The van der Waals surface area contributed by atoms with Crippen molar-refractivity contribution in [1.29, 1.82) is 0 Å². The van der Waals surface area contributed by atoms with Crippen molar-refractivity contribution in [2.45, 2.75) is 16.2 Å². The van der Waals surface area contributed by atoms with Crippen molar-refractivity contribution in [3.8, 4) is 0 Å². The van der Waals surface area contributed by atoms with Crippen LogP contribution in [0.2, 0.25) is 5.02 Å². The molecule has 0 bridgehead atoms. The van der Waals surface area contributed by atoms with Gasteiger partial charge in [-0.15, -0.1) is 11.3 Å². The molecule has 0 atom stereocenters. The van der Waals surface area contributed by atoms with Crippen LogP contribution in [0.25, 0.3) is 10.2 Å². The minimum absolute atomic E-state index is 0.152. The SMILES string of the molecule is Cc1cccc(C(=O)Nc2ccc(Sc3nc4ccccc4s3)c(Cl)c2)c1. The van der Waals surface area contributed by atoms with Crippen LogP contribution >= 0.6 is 34.7 Å². The average molecular weight is 411 g/mol. The molecule has 0 spiro atoms. The number of rotatable bonds is 4. The second-order valence-corrected chi connectivity index (χ2v) is 8.75. The van der Waals surface area contributed by atoms with Gasteiger partial charge in [0.1, 0.15) is 0 Å². The third-order valence-electron chi connectivity index (χ3n) is 3.94. The van der Waals surface area contributed by atoms with Crippen LogP contribution in [0.4, 0.5) is 5.69 Å². The van der Waals surface area contributed by atoms with Crippen molar-refractivity contribution in [3.63, 3.8) is 0 Å². The fourth-order valence-electron chi connectivity index (χ4n) is 2.64. The summed E-state index contributed by atoms with van der Waals surface area (Å²) in [6.07, 6.45) is 0. The maximum atomic E-state index is 12.4. The van der Waals surface area contributed by atoms with Gasteiger partial charge in [0.15, 0.2) is 4.34 Å². The standard InChI is InChI=1S/C21H15ClN2OS2/c1-13-5-4-6-14(11-13)20(25)23-15-9-10-18(16(22)12-15)26-21-24-17-7-2-3-8-19(17)27-21/h2-12H,1H3,(H,23,25). The van der Waals surface area contributed by atoms with Crippen molar-refractivity contribution in [2.24, 2.45) is 0 Å². The Morgan fingerprint density at radius 3 is 2.70 bits per heavy atom. The molecule has 27 heavy (non-hydrogen) atoms. The van der Waals surface area contributed by atoms with Crippen LogP contribution in [0.5, 0.6) is 0 Å². The molecule has 0 aliphatic heterocycles. The average Bonchev–Trinajstić information content (AvgIpc) is 3.06. The van der Waals surface area contributed by atoms with E-state index in [1.165, 1.54) is 11.8 Å². The Hall–Kier alpha value is -2.34. The molecule has 0 radical (unpaired) electrons. The van der Waals surface area contributed by atoms with E-state index in [2.05, 4.69) is 16.4 Å². The van der Waals surface area contributed by atoms with Gasteiger partial charge in [0.25, 0.3) is 5.91 Å². The number of hydrogen-bond acceptors (Lipinski definition) is 4. The van der Waals surface area contributed by atoms with Gasteiger partial charge in [-0.3, -0.25) is 4.79 Å². The molecule has 4 rings (SSSR count). The summed E-state index contributed by atoms with van der Waals surface area (Å²) in [4.78, 5) is 17.9. The first-order valence-corrected chi connectivity index (χ1v) is 10.3. The van der Waals surface area contributed by atoms with Crippen LogP contribution in [0.3, 0.4) is 0 Å². The van der Waals surface area contributed by atoms with Crippen LogP contribution in [0, 0.1) is 6.92 Å². The van der Waals surface area contributed by atoms with Crippen molar-refractivity contribution in [2.75, 3.05) is 5.32 Å². The van der Waals surface area contributed by atoms with Gasteiger partial charge in [0, 0.05) is 16.1 Å². The third kappa shape index (κ3) is 4.16. The molecule has 1 heterocycles. The molecule has 134 valence electrons. The molecular formula is C21H15ClN2OS2. The van der Waals surface area contributed by atoms with Gasteiger partial charge in [-0.2, -0.15) is 0 Å². The minimum atomic E-state index is -0.152. The van der Waals surface area contributed by atoms with Gasteiger partial charge in [0.2, 0.25) is 0 Å². The Kier molecular flexibility index (Phi) is 5.16. The summed E-state index contributed by atoms with van der Waals surface area (Å²) in [6, 6.07) is 21.1. The minimum Gasteiger partial charge on any atom is -0.322 e. The number of aromatic nitrogens is 1. The van der Waals surface area contributed by atoms with E-state index in [9.17, 15) is 4.79 Å². The van der Waals surface area contributed by atoms with E-state index in [1.807, 2.05) is 55.5 Å². The number of para-hydroxylation sites is 1. The van der Waals surface area contributed by atoms with Crippen molar-refractivity contribution >= 4 is 56.5 Å². The van der Waals surface area contributed by atoms with Gasteiger partial charge < -0.3 is 5.32 Å². The largest absolute Gasteiger partial charge is 0.322 e. The number of fused-ring (bicyclic) bond motifs is 1. The Morgan fingerprint density at radius 2 is 1.93 bits per heavy atom. The first-order chi connectivity index (χ1) is 13.1. The van der Waals surface area contributed by atoms with E-state index in [4.69, 9.17) is 11.6 Å². The van der Waals surface area contributed by atoms with Crippen molar-refractivity contribution in [3.05, 3.63) is 82.9 Å². The quantitative estimate of drug-likeness (QED) is 0.409. The molecule has 3 nitrogen and oxygen atoms in total. The molecule has 0 saturated carbocycles. The number of carbonyl (C=O) groups is 1. The van der Waals surface area contributed by atoms with Gasteiger partial charge in [-0.25, -0.2) is 4.98 Å². The predicted molar refractivity (Wildman–Crippen MR) is 114 cm³/mol. The summed E-state index contributed by atoms with van der Waals surface area (Å²) in [5.74, 6) is -0.152. The van der Waals surface area contributed by atoms with E-state index in [0.29, 0.717) is 16.3 Å². The summed E-state index contributed by atoms with van der Waals surface area (Å²) in [7, 11) is 0. The first kappa shape index (κ1) is 18.0. The summed E-state index contributed by atoms with van der Waals surface area (Å²) in [5.41, 5.74) is 3.32. The highest BCUT2D eigenvalue weighted by Crippen LogP contribution is 2.38. The number of anilines is 1. The molecule has 0 unspecified atom stereocenters. The fraction of sp³-hybridized carbons (Fsp3) is 0.0476. The fourth-order valence-corrected chi connectivity index (χ4v) is 4.96. The zero-order valence-corrected chi connectivity index (χ0v) is 16.8. The number of halogens is 1. The Morgan fingerprint density at radius 1 is 1.07 bits per heavy atom. The molecule has 0 aliphatic carbocycles. The lowest BCUT2D eigenvalue weighted by molar-refractivity contribution is 0.102. The highest BCUT2D eigenvalue weighted by Gasteiger charge is 2.11. The highest BCUT2D eigenvalue weighted by atomic mass is 35.5. The lowest BCUT2D eigenvalue weighted by Gasteiger charge is -2.08. The number of nitrogens with zero attached hydrogens (tertiary/aromatic N) is 1. The van der Waals surface area contributed by atoms with Crippen LogP contribution in [0.15, 0.2) is 76.0 Å². The summed E-state index contributed by atoms with van der Waals surface area (Å²) >= 11 is 9.60. The van der Waals surface area contributed by atoms with Crippen LogP contribution < -0.4 is 5.32 Å². The summed E-state index contributed by atoms with van der Waals surface area (Å²) in [6.45, 7) is 1.96. The maximum absolute atomic E-state index is 12.4. The van der Waals surface area contributed by atoms with Crippen molar-refractivity contribution in [1.82, 2.24) is 4.98 Å². The lowest BCUT2D eigenvalue weighted by atomic mass is 10.1. The molecule has 0 saturated heterocycles. The molecule has 0 aliphatic rings. The highest BCUT2D eigenvalue weighted by molar-refractivity contribution is 8.01. The molecule has 1 aromatic heterocycles. The summed E-state index contributed by atoms with van der Waals surface area (Å²) < 4.78 is 2.09. The molecule has 6 heteroatoms. The summed E-state index contributed by atoms with van der Waals surface area (Å²) in [5, 5.41) is 3.48. The van der Waals surface area contributed by atoms with E-state index >= 15 is 0 Å². The second-order valence-electron chi connectivity index (χ2n) is 6.02. The zero-order valence-electron chi connectivity index (χ0n) is 14.4. The molecule has 0 fully saturated rings. The Balaban J connectivity index is 1.51. The van der Waals surface area contributed by atoms with E-state index in [-0.39, 0.29) is 5.91 Å². The van der Waals surface area contributed by atoms with Gasteiger partial charge in [-0.1, -0.05) is 53.2 Å². The second kappa shape index (κ2) is 7.72. The normalized spacial score (nSPS) is 10.9. The van der Waals surface area contributed by atoms with Gasteiger partial charge in [0.05, 0.1) is 15.2 Å². The van der Waals surface area contributed by atoms with Gasteiger partial charge >= 0.3 is 0 Å². The molecule has 1 N–H and O–H groups in total. The number of amides is 1. The number of nitrogens with one attached hydrogen (secondary N) is 1. The van der Waals surface area contributed by atoms with E-state index < -0.39 is 0 Å². The Labute approximate surface area is 170 Å².